The Bertz CT molecular complexity index is 413. The fourth-order valence-electron chi connectivity index (χ4n) is 1.19. The number of pyridine rings is 1. The lowest BCUT2D eigenvalue weighted by Crippen LogP contribution is -2.08. The van der Waals surface area contributed by atoms with Gasteiger partial charge in [0.2, 0.25) is 0 Å². The molecule has 0 saturated heterocycles. The van der Waals surface area contributed by atoms with E-state index in [9.17, 15) is 13.6 Å². The first-order valence-electron chi connectivity index (χ1n) is 4.19. The smallest absolute Gasteiger partial charge is 0.307 e. The molecule has 0 fully saturated rings. The number of carboxylic acid groups (broad SMARTS) is 1. The van der Waals surface area contributed by atoms with Crippen molar-refractivity contribution in [2.24, 2.45) is 0 Å². The Labute approximate surface area is 107 Å². The van der Waals surface area contributed by atoms with Crippen LogP contribution in [0.25, 0.3) is 0 Å². The van der Waals surface area contributed by atoms with Gasteiger partial charge in [0, 0.05) is 21.6 Å². The van der Waals surface area contributed by atoms with Crippen LogP contribution in [0, 0.1) is 0 Å². The van der Waals surface area contributed by atoms with Crippen molar-refractivity contribution in [2.75, 3.05) is 0 Å². The summed E-state index contributed by atoms with van der Waals surface area (Å²) in [5.74, 6) is -1.17. The molecule has 1 N–H and O–H groups in total. The van der Waals surface area contributed by atoms with Crippen LogP contribution in [-0.4, -0.2) is 16.1 Å². The highest BCUT2D eigenvalue weighted by Gasteiger charge is 2.21. The molecule has 0 radical (unpaired) electrons. The van der Waals surface area contributed by atoms with Gasteiger partial charge in [-0.05, 0) is 5.56 Å². The molecule has 0 spiro atoms. The lowest BCUT2D eigenvalue weighted by atomic mass is 10.1. The first kappa shape index (κ1) is 13.5. The number of carboxylic acids is 1. The minimum Gasteiger partial charge on any atom is -0.481 e. The number of hydrogen-bond acceptors (Lipinski definition) is 2. The van der Waals surface area contributed by atoms with Crippen LogP contribution in [0.15, 0.2) is 10.7 Å². The highest BCUT2D eigenvalue weighted by atomic mass is 79.9. The Morgan fingerprint density at radius 3 is 2.62 bits per heavy atom. The van der Waals surface area contributed by atoms with Gasteiger partial charge in [0.15, 0.2) is 0 Å². The topological polar surface area (TPSA) is 50.2 Å². The van der Waals surface area contributed by atoms with Gasteiger partial charge in [-0.1, -0.05) is 31.9 Å². The fraction of sp³-hybridized carbons (Fsp3) is 0.333. The Balaban J connectivity index is 3.30. The normalized spacial score (nSPS) is 10.8. The van der Waals surface area contributed by atoms with Crippen LogP contribution in [-0.2, 0) is 16.5 Å². The van der Waals surface area contributed by atoms with E-state index in [2.05, 4.69) is 36.8 Å². The maximum Gasteiger partial charge on any atom is 0.307 e. The zero-order valence-corrected chi connectivity index (χ0v) is 11.1. The first-order valence-corrected chi connectivity index (χ1v) is 6.10. The molecule has 0 aliphatic heterocycles. The summed E-state index contributed by atoms with van der Waals surface area (Å²) in [6, 6.07) is 0. The summed E-state index contributed by atoms with van der Waals surface area (Å²) in [6.07, 6.45) is -1.96. The zero-order chi connectivity index (χ0) is 12.3. The number of hydrogen-bond donors (Lipinski definition) is 1. The van der Waals surface area contributed by atoms with Crippen LogP contribution in [0.2, 0.25) is 0 Å². The Morgan fingerprint density at radius 2 is 2.19 bits per heavy atom. The van der Waals surface area contributed by atoms with Gasteiger partial charge < -0.3 is 5.11 Å². The van der Waals surface area contributed by atoms with Crippen molar-refractivity contribution in [3.63, 3.8) is 0 Å². The summed E-state index contributed by atoms with van der Waals surface area (Å²) in [6.45, 7) is 0. The Kier molecular flexibility index (Phi) is 4.79. The molecule has 0 aliphatic rings. The average Bonchev–Trinajstić information content (AvgIpc) is 2.19. The van der Waals surface area contributed by atoms with Crippen LogP contribution in [0.3, 0.4) is 0 Å². The second-order valence-electron chi connectivity index (χ2n) is 2.97. The Hall–Kier alpha value is -0.560. The average molecular weight is 359 g/mol. The van der Waals surface area contributed by atoms with Gasteiger partial charge in [-0.3, -0.25) is 9.78 Å². The molecule has 0 bridgehead atoms. The highest BCUT2D eigenvalue weighted by molar-refractivity contribution is 9.10. The molecule has 3 nitrogen and oxygen atoms in total. The van der Waals surface area contributed by atoms with Crippen molar-refractivity contribution in [1.82, 2.24) is 4.98 Å². The molecule has 0 amide bonds. The fourth-order valence-corrected chi connectivity index (χ4v) is 2.58. The molecule has 0 unspecified atom stereocenters. The van der Waals surface area contributed by atoms with Crippen LogP contribution in [0.4, 0.5) is 8.78 Å². The van der Waals surface area contributed by atoms with Gasteiger partial charge >= 0.3 is 5.97 Å². The summed E-state index contributed by atoms with van der Waals surface area (Å²) in [7, 11) is 0. The van der Waals surface area contributed by atoms with Crippen molar-refractivity contribution in [3.05, 3.63) is 27.5 Å². The van der Waals surface area contributed by atoms with Crippen molar-refractivity contribution in [1.29, 1.82) is 0 Å². The summed E-state index contributed by atoms with van der Waals surface area (Å²) in [4.78, 5) is 14.2. The van der Waals surface area contributed by atoms with E-state index in [0.717, 1.165) is 0 Å². The van der Waals surface area contributed by atoms with E-state index in [1.807, 2.05) is 0 Å². The van der Waals surface area contributed by atoms with Gasteiger partial charge in [0.25, 0.3) is 6.43 Å². The minimum absolute atomic E-state index is 0.0273. The molecule has 1 heterocycles. The van der Waals surface area contributed by atoms with Crippen LogP contribution < -0.4 is 0 Å². The molecule has 1 aromatic rings. The van der Waals surface area contributed by atoms with Crippen LogP contribution in [0.1, 0.15) is 23.2 Å². The molecule has 1 rings (SSSR count). The summed E-state index contributed by atoms with van der Waals surface area (Å²) in [5, 5.41) is 9.07. The molecule has 16 heavy (non-hydrogen) atoms. The second kappa shape index (κ2) is 5.67. The van der Waals surface area contributed by atoms with Crippen molar-refractivity contribution >= 4 is 37.8 Å². The SMILES string of the molecule is O=C(O)Cc1c(C(F)F)ncc(CBr)c1Br. The predicted molar refractivity (Wildman–Crippen MR) is 60.9 cm³/mol. The van der Waals surface area contributed by atoms with Crippen LogP contribution >= 0.6 is 31.9 Å². The van der Waals surface area contributed by atoms with E-state index in [-0.39, 0.29) is 5.56 Å². The molecular weight excluding hydrogens is 352 g/mol. The summed E-state index contributed by atoms with van der Waals surface area (Å²) < 4.78 is 25.6. The quantitative estimate of drug-likeness (QED) is 0.840. The van der Waals surface area contributed by atoms with Gasteiger partial charge in [-0.25, -0.2) is 8.78 Å². The number of aliphatic carboxylic acids is 1. The molecule has 0 atom stereocenters. The van der Waals surface area contributed by atoms with Gasteiger partial charge in [0.1, 0.15) is 5.69 Å². The number of halogens is 4. The van der Waals surface area contributed by atoms with E-state index in [1.54, 1.807) is 0 Å². The highest BCUT2D eigenvalue weighted by Crippen LogP contribution is 2.30. The third-order valence-corrected chi connectivity index (χ3v) is 3.49. The maximum absolute atomic E-state index is 12.6. The molecular formula is C9H7Br2F2NO2. The molecule has 88 valence electrons. The van der Waals surface area contributed by atoms with Gasteiger partial charge in [-0.2, -0.15) is 0 Å². The van der Waals surface area contributed by atoms with Gasteiger partial charge in [0.05, 0.1) is 6.42 Å². The number of aromatic nitrogens is 1. The number of carbonyl (C=O) groups is 1. The zero-order valence-electron chi connectivity index (χ0n) is 7.88. The summed E-state index contributed by atoms with van der Waals surface area (Å²) >= 11 is 6.29. The van der Waals surface area contributed by atoms with Crippen LogP contribution in [0.5, 0.6) is 0 Å². The van der Waals surface area contributed by atoms with Crippen molar-refractivity contribution in [2.45, 2.75) is 18.2 Å². The Morgan fingerprint density at radius 1 is 1.56 bits per heavy atom. The number of rotatable bonds is 4. The molecule has 0 aliphatic carbocycles. The number of alkyl halides is 3. The minimum atomic E-state index is -2.78. The van der Waals surface area contributed by atoms with E-state index in [1.165, 1.54) is 6.20 Å². The van der Waals surface area contributed by atoms with E-state index in [0.29, 0.717) is 15.4 Å². The van der Waals surface area contributed by atoms with E-state index < -0.39 is 24.5 Å². The van der Waals surface area contributed by atoms with E-state index in [4.69, 9.17) is 5.11 Å². The first-order chi connectivity index (χ1) is 7.47. The van der Waals surface area contributed by atoms with E-state index >= 15 is 0 Å². The second-order valence-corrected chi connectivity index (χ2v) is 4.32. The molecule has 7 heteroatoms. The monoisotopic (exact) mass is 357 g/mol. The largest absolute Gasteiger partial charge is 0.481 e. The third-order valence-electron chi connectivity index (χ3n) is 1.89. The lowest BCUT2D eigenvalue weighted by molar-refractivity contribution is -0.136. The van der Waals surface area contributed by atoms with Crippen molar-refractivity contribution in [3.8, 4) is 0 Å². The lowest BCUT2D eigenvalue weighted by Gasteiger charge is -2.11. The van der Waals surface area contributed by atoms with Gasteiger partial charge in [-0.15, -0.1) is 0 Å². The number of nitrogens with zero attached hydrogens (tertiary/aromatic N) is 1. The maximum atomic E-state index is 12.6. The predicted octanol–water partition coefficient (Wildman–Crippen LogP) is 3.30. The molecule has 0 saturated carbocycles. The third kappa shape index (κ3) is 2.98. The molecule has 1 aromatic heterocycles. The molecule has 0 aromatic carbocycles. The standard InChI is InChI=1S/C9H7Br2F2NO2/c10-2-4-3-14-8(9(12)13)5(7(4)11)1-6(15)16/h3,9H,1-2H2,(H,15,16). The summed E-state index contributed by atoms with van der Waals surface area (Å²) in [5.41, 5.74) is 0.180. The van der Waals surface area contributed by atoms with Crippen molar-refractivity contribution < 1.29 is 18.7 Å².